The van der Waals surface area contributed by atoms with Gasteiger partial charge in [0.1, 0.15) is 0 Å². The van der Waals surface area contributed by atoms with Crippen LogP contribution in [0.1, 0.15) is 12.0 Å². The molecule has 0 aliphatic carbocycles. The van der Waals surface area contributed by atoms with Gasteiger partial charge in [0.05, 0.1) is 27.9 Å². The van der Waals surface area contributed by atoms with Gasteiger partial charge < -0.3 is 31.3 Å². The molecular formula is C24H46O8Si4. The fourth-order valence-electron chi connectivity index (χ4n) is 3.49. The molecular weight excluding hydrogens is 529 g/mol. The minimum Gasteiger partial charge on any atom is -0.493 e. The van der Waals surface area contributed by atoms with E-state index >= 15 is 0 Å². The number of benzene rings is 1. The molecule has 0 aliphatic rings. The van der Waals surface area contributed by atoms with Gasteiger partial charge in [-0.3, -0.25) is 0 Å². The van der Waals surface area contributed by atoms with Crippen LogP contribution in [0.2, 0.25) is 65.0 Å². The first-order valence-electron chi connectivity index (χ1n) is 12.2. The van der Waals surface area contributed by atoms with Crippen LogP contribution in [0.3, 0.4) is 0 Å². The van der Waals surface area contributed by atoms with E-state index in [1.165, 1.54) is 6.08 Å². The molecule has 0 spiro atoms. The van der Waals surface area contributed by atoms with Crippen molar-refractivity contribution in [3.8, 4) is 17.2 Å². The quantitative estimate of drug-likeness (QED) is 0.107. The Hall–Kier alpha value is -1.42. The molecule has 0 radical (unpaired) electrons. The summed E-state index contributed by atoms with van der Waals surface area (Å²) in [5, 5.41) is 0. The van der Waals surface area contributed by atoms with E-state index in [0.717, 1.165) is 5.56 Å². The standard InChI is InChI=1S/C24H46O8Si4/c1-26-21-18-20(19-22(27-2)24(21)28-3)14-15-23(25)29-16-13-17-36(30-33(4,5)6,31-34(7,8)9)32-35(10,11)12/h14-15,18-19H,13,16-17H2,1-12H3. The first kappa shape index (κ1) is 32.6. The summed E-state index contributed by atoms with van der Waals surface area (Å²) in [7, 11) is -4.12. The highest BCUT2D eigenvalue weighted by Crippen LogP contribution is 2.38. The fourth-order valence-corrected chi connectivity index (χ4v) is 18.1. The van der Waals surface area contributed by atoms with Crippen molar-refractivity contribution < 1.29 is 36.1 Å². The summed E-state index contributed by atoms with van der Waals surface area (Å²) in [6.07, 6.45) is 3.65. The number of carbonyl (C=O) groups is 1. The molecule has 0 heterocycles. The van der Waals surface area contributed by atoms with Gasteiger partial charge in [0.15, 0.2) is 36.5 Å². The van der Waals surface area contributed by atoms with Gasteiger partial charge in [0.25, 0.3) is 0 Å². The monoisotopic (exact) mass is 574 g/mol. The minimum atomic E-state index is -2.94. The van der Waals surface area contributed by atoms with Crippen LogP contribution in [0.4, 0.5) is 0 Å². The van der Waals surface area contributed by atoms with E-state index in [0.29, 0.717) is 29.7 Å². The lowest BCUT2D eigenvalue weighted by molar-refractivity contribution is -0.137. The molecule has 0 atom stereocenters. The van der Waals surface area contributed by atoms with Gasteiger partial charge in [0, 0.05) is 12.1 Å². The maximum absolute atomic E-state index is 12.4. The van der Waals surface area contributed by atoms with Gasteiger partial charge in [-0.2, -0.15) is 0 Å². The summed E-state index contributed by atoms with van der Waals surface area (Å²) in [5.74, 6) is 1.09. The molecule has 206 valence electrons. The second-order valence-corrected chi connectivity index (χ2v) is 28.4. The Labute approximate surface area is 222 Å². The van der Waals surface area contributed by atoms with Crippen LogP contribution in [0.5, 0.6) is 17.2 Å². The average Bonchev–Trinajstić information content (AvgIpc) is 2.70. The molecule has 8 nitrogen and oxygen atoms in total. The third kappa shape index (κ3) is 12.2. The van der Waals surface area contributed by atoms with Gasteiger partial charge in [-0.1, -0.05) is 0 Å². The molecule has 1 aromatic carbocycles. The number of rotatable bonds is 15. The van der Waals surface area contributed by atoms with E-state index in [9.17, 15) is 4.79 Å². The Balaban J connectivity index is 2.90. The van der Waals surface area contributed by atoms with Crippen molar-refractivity contribution >= 4 is 45.8 Å². The van der Waals surface area contributed by atoms with E-state index in [1.54, 1.807) is 39.5 Å². The molecule has 0 saturated carbocycles. The molecule has 0 bridgehead atoms. The van der Waals surface area contributed by atoms with Gasteiger partial charge in [0.2, 0.25) is 5.75 Å². The van der Waals surface area contributed by atoms with Gasteiger partial charge >= 0.3 is 14.8 Å². The van der Waals surface area contributed by atoms with Crippen molar-refractivity contribution in [1.82, 2.24) is 0 Å². The van der Waals surface area contributed by atoms with Crippen molar-refractivity contribution in [2.45, 2.75) is 71.4 Å². The second kappa shape index (κ2) is 13.4. The molecule has 1 aromatic rings. The molecule has 1 rings (SSSR count). The van der Waals surface area contributed by atoms with E-state index < -0.39 is 39.7 Å². The number of ether oxygens (including phenoxy) is 4. The van der Waals surface area contributed by atoms with Crippen molar-refractivity contribution in [3.05, 3.63) is 23.8 Å². The van der Waals surface area contributed by atoms with Crippen LogP contribution in [0, 0.1) is 0 Å². The fraction of sp³-hybridized carbons (Fsp3) is 0.625. The van der Waals surface area contributed by atoms with Crippen molar-refractivity contribution in [3.63, 3.8) is 0 Å². The highest BCUT2D eigenvalue weighted by Gasteiger charge is 2.49. The molecule has 0 unspecified atom stereocenters. The maximum atomic E-state index is 12.4. The highest BCUT2D eigenvalue weighted by molar-refractivity contribution is 6.90. The predicted octanol–water partition coefficient (Wildman–Crippen LogP) is 6.15. The second-order valence-electron chi connectivity index (χ2n) is 11.4. The first-order valence-corrected chi connectivity index (χ1v) is 24.3. The van der Waals surface area contributed by atoms with E-state index in [2.05, 4.69) is 58.9 Å². The summed E-state index contributed by atoms with van der Waals surface area (Å²) in [6.45, 7) is 19.7. The van der Waals surface area contributed by atoms with Crippen molar-refractivity contribution in [1.29, 1.82) is 0 Å². The van der Waals surface area contributed by atoms with Crippen molar-refractivity contribution in [2.24, 2.45) is 0 Å². The molecule has 12 heteroatoms. The zero-order chi connectivity index (χ0) is 27.8. The minimum absolute atomic E-state index is 0.256. The van der Waals surface area contributed by atoms with Gasteiger partial charge in [-0.05, 0) is 89.1 Å². The molecule has 0 N–H and O–H groups in total. The molecule has 0 fully saturated rings. The highest BCUT2D eigenvalue weighted by atomic mass is 28.5. The Morgan fingerprint density at radius 2 is 1.19 bits per heavy atom. The summed E-state index contributed by atoms with van der Waals surface area (Å²) in [5.41, 5.74) is 0.725. The van der Waals surface area contributed by atoms with Crippen LogP contribution in [-0.4, -0.2) is 67.7 Å². The van der Waals surface area contributed by atoms with E-state index in [4.69, 9.17) is 31.3 Å². The van der Waals surface area contributed by atoms with Crippen LogP contribution in [-0.2, 0) is 21.9 Å². The molecule has 0 aromatic heterocycles. The van der Waals surface area contributed by atoms with E-state index in [1.807, 2.05) is 0 Å². The SMILES string of the molecule is COc1cc(C=CC(=O)OCCC[Si](O[Si](C)(C)C)(O[Si](C)(C)C)O[Si](C)(C)C)cc(OC)c1OC. The van der Waals surface area contributed by atoms with E-state index in [-0.39, 0.29) is 6.61 Å². The molecule has 36 heavy (non-hydrogen) atoms. The number of methoxy groups -OCH3 is 3. The number of hydrogen-bond acceptors (Lipinski definition) is 8. The Bertz CT molecular complexity index is 820. The smallest absolute Gasteiger partial charge is 0.469 e. The zero-order valence-corrected chi connectivity index (χ0v) is 28.2. The lowest BCUT2D eigenvalue weighted by Crippen LogP contribution is -2.60. The van der Waals surface area contributed by atoms with Crippen molar-refractivity contribution in [2.75, 3.05) is 27.9 Å². The third-order valence-corrected chi connectivity index (χ3v) is 16.4. The summed E-state index contributed by atoms with van der Waals surface area (Å²) < 4.78 is 41.5. The van der Waals surface area contributed by atoms with Gasteiger partial charge in [-0.25, -0.2) is 4.79 Å². The zero-order valence-electron chi connectivity index (χ0n) is 24.2. The van der Waals surface area contributed by atoms with Crippen LogP contribution >= 0.6 is 0 Å². The van der Waals surface area contributed by atoms with Gasteiger partial charge in [-0.15, -0.1) is 0 Å². The van der Waals surface area contributed by atoms with Crippen LogP contribution in [0.25, 0.3) is 6.08 Å². The number of hydrogen-bond donors (Lipinski definition) is 0. The molecule has 0 saturated heterocycles. The number of esters is 1. The average molecular weight is 575 g/mol. The Kier molecular flexibility index (Phi) is 12.1. The summed E-state index contributed by atoms with van der Waals surface area (Å²) in [6, 6.07) is 4.15. The lowest BCUT2D eigenvalue weighted by Gasteiger charge is -2.42. The van der Waals surface area contributed by atoms with Crippen LogP contribution in [0.15, 0.2) is 18.2 Å². The van der Waals surface area contributed by atoms with Crippen LogP contribution < -0.4 is 14.2 Å². The number of carbonyl (C=O) groups excluding carboxylic acids is 1. The first-order chi connectivity index (χ1) is 16.4. The maximum Gasteiger partial charge on any atom is 0.469 e. The third-order valence-electron chi connectivity index (χ3n) is 4.36. The molecule has 0 aliphatic heterocycles. The topological polar surface area (TPSA) is 81.7 Å². The Morgan fingerprint density at radius 1 is 0.750 bits per heavy atom. The molecule has 0 amide bonds. The summed E-state index contributed by atoms with van der Waals surface area (Å²) >= 11 is 0. The largest absolute Gasteiger partial charge is 0.493 e. The normalized spacial score (nSPS) is 13.1. The predicted molar refractivity (Wildman–Crippen MR) is 155 cm³/mol. The lowest BCUT2D eigenvalue weighted by atomic mass is 10.1. The summed E-state index contributed by atoms with van der Waals surface area (Å²) in [4.78, 5) is 12.4. The Morgan fingerprint density at radius 3 is 1.56 bits per heavy atom.